The summed E-state index contributed by atoms with van der Waals surface area (Å²) < 4.78 is 0. The molecule has 2 aromatic rings. The van der Waals surface area contributed by atoms with E-state index in [9.17, 15) is 9.59 Å². The van der Waals surface area contributed by atoms with Crippen molar-refractivity contribution in [3.05, 3.63) is 63.6 Å². The van der Waals surface area contributed by atoms with Crippen LogP contribution in [0, 0.1) is 5.92 Å². The summed E-state index contributed by atoms with van der Waals surface area (Å²) in [4.78, 5) is 27.0. The highest BCUT2D eigenvalue weighted by molar-refractivity contribution is 6.31. The maximum absolute atomic E-state index is 13.6. The number of hydrogen-bond donors (Lipinski definition) is 3. The number of anilines is 1. The molecule has 1 aliphatic carbocycles. The highest BCUT2D eigenvalue weighted by Crippen LogP contribution is 2.42. The van der Waals surface area contributed by atoms with E-state index >= 15 is 0 Å². The van der Waals surface area contributed by atoms with Crippen molar-refractivity contribution in [2.45, 2.75) is 63.6 Å². The third-order valence-electron chi connectivity index (χ3n) is 6.16. The molecule has 170 valence electrons. The highest BCUT2D eigenvalue weighted by Gasteiger charge is 2.52. The Morgan fingerprint density at radius 3 is 2.56 bits per heavy atom. The summed E-state index contributed by atoms with van der Waals surface area (Å²) in [5, 5.41) is 10.8. The van der Waals surface area contributed by atoms with Crippen LogP contribution in [0.5, 0.6) is 0 Å². The molecule has 0 radical (unpaired) electrons. The van der Waals surface area contributed by atoms with Crippen LogP contribution in [0.4, 0.5) is 5.69 Å². The summed E-state index contributed by atoms with van der Waals surface area (Å²) in [6, 6.07) is 13.1. The summed E-state index contributed by atoms with van der Waals surface area (Å²) in [5.41, 5.74) is 0.244. The number of benzene rings is 2. The zero-order chi connectivity index (χ0) is 23.1. The Bertz CT molecular complexity index is 1050. The molecule has 1 heterocycles. The lowest BCUT2D eigenvalue weighted by Gasteiger charge is -2.40. The predicted molar refractivity (Wildman–Crippen MR) is 129 cm³/mol. The summed E-state index contributed by atoms with van der Waals surface area (Å²) in [6.45, 7) is 6.05. The zero-order valence-electron chi connectivity index (χ0n) is 18.6. The van der Waals surface area contributed by atoms with E-state index in [0.29, 0.717) is 28.6 Å². The first-order valence-electron chi connectivity index (χ1n) is 11.1. The Morgan fingerprint density at radius 1 is 1.19 bits per heavy atom. The molecule has 5 nitrogen and oxygen atoms in total. The van der Waals surface area contributed by atoms with Gasteiger partial charge in [0.25, 0.3) is 0 Å². The molecule has 1 saturated carbocycles. The van der Waals surface area contributed by atoms with Crippen molar-refractivity contribution in [3.8, 4) is 0 Å². The monoisotopic (exact) mass is 473 g/mol. The van der Waals surface area contributed by atoms with Crippen molar-refractivity contribution in [2.24, 2.45) is 5.92 Å². The Balaban J connectivity index is 1.80. The number of fused-ring (bicyclic) bond motifs is 1. The summed E-state index contributed by atoms with van der Waals surface area (Å²) in [7, 11) is 0. The van der Waals surface area contributed by atoms with Crippen molar-refractivity contribution < 1.29 is 9.59 Å². The van der Waals surface area contributed by atoms with Gasteiger partial charge in [-0.2, -0.15) is 0 Å². The van der Waals surface area contributed by atoms with E-state index in [1.54, 1.807) is 18.2 Å². The van der Waals surface area contributed by atoms with Crippen LogP contribution in [-0.2, 0) is 21.5 Å². The van der Waals surface area contributed by atoms with Gasteiger partial charge in [0, 0.05) is 33.8 Å². The average molecular weight is 474 g/mol. The fourth-order valence-corrected chi connectivity index (χ4v) is 5.09. The molecule has 2 aromatic carbocycles. The van der Waals surface area contributed by atoms with E-state index in [4.69, 9.17) is 23.2 Å². The number of carbonyl (C=O) groups is 2. The quantitative estimate of drug-likeness (QED) is 0.501. The minimum atomic E-state index is -1.14. The van der Waals surface area contributed by atoms with Gasteiger partial charge in [0.15, 0.2) is 0 Å². The Morgan fingerprint density at radius 2 is 1.91 bits per heavy atom. The van der Waals surface area contributed by atoms with E-state index in [1.807, 2.05) is 31.2 Å². The van der Waals surface area contributed by atoms with Gasteiger partial charge in [0.1, 0.15) is 5.54 Å². The standard InChI is InChI=1S/C25H29Cl2N3O2/c1-15(2)13-24(3,22(31)28-19-8-9-19)30-25(14-16-5-4-6-17(26)11-16)20-10-7-18(27)12-21(20)29-23(25)32/h4-7,10-12,15,19,30H,8-9,13-14H2,1-3H3,(H,28,31)(H,29,32)/t24-,25?/m0/s1. The molecule has 2 atom stereocenters. The number of carbonyl (C=O) groups excluding carboxylic acids is 2. The smallest absolute Gasteiger partial charge is 0.249 e. The molecular weight excluding hydrogens is 445 g/mol. The molecule has 2 amide bonds. The molecule has 1 unspecified atom stereocenters. The van der Waals surface area contributed by atoms with Crippen LogP contribution in [0.15, 0.2) is 42.5 Å². The molecule has 2 aliphatic rings. The van der Waals surface area contributed by atoms with Gasteiger partial charge < -0.3 is 10.6 Å². The second-order valence-electron chi connectivity index (χ2n) is 9.66. The maximum atomic E-state index is 13.6. The van der Waals surface area contributed by atoms with Crippen LogP contribution < -0.4 is 16.0 Å². The molecule has 0 spiro atoms. The highest BCUT2D eigenvalue weighted by atomic mass is 35.5. The van der Waals surface area contributed by atoms with E-state index in [-0.39, 0.29) is 23.8 Å². The first kappa shape index (κ1) is 23.1. The molecule has 0 bridgehead atoms. The van der Waals surface area contributed by atoms with Crippen LogP contribution in [0.2, 0.25) is 10.0 Å². The third-order valence-corrected chi connectivity index (χ3v) is 6.63. The van der Waals surface area contributed by atoms with E-state index in [0.717, 1.165) is 24.0 Å². The lowest BCUT2D eigenvalue weighted by Crippen LogP contribution is -2.65. The second-order valence-corrected chi connectivity index (χ2v) is 10.5. The number of rotatable bonds is 8. The Hall–Kier alpha value is -2.08. The van der Waals surface area contributed by atoms with Crippen LogP contribution in [-0.4, -0.2) is 23.4 Å². The molecule has 7 heteroatoms. The molecule has 0 aromatic heterocycles. The Kier molecular flexibility index (Phi) is 6.27. The summed E-state index contributed by atoms with van der Waals surface area (Å²) >= 11 is 12.5. The topological polar surface area (TPSA) is 70.2 Å². The normalized spacial score (nSPS) is 21.8. The van der Waals surface area contributed by atoms with Crippen molar-refractivity contribution >= 4 is 40.7 Å². The lowest BCUT2D eigenvalue weighted by atomic mass is 9.79. The lowest BCUT2D eigenvalue weighted by molar-refractivity contribution is -0.131. The van der Waals surface area contributed by atoms with Gasteiger partial charge in [-0.25, -0.2) is 0 Å². The van der Waals surface area contributed by atoms with Gasteiger partial charge in [-0.15, -0.1) is 0 Å². The van der Waals surface area contributed by atoms with Crippen molar-refractivity contribution in [1.82, 2.24) is 10.6 Å². The number of halogens is 2. The first-order valence-corrected chi connectivity index (χ1v) is 11.8. The predicted octanol–water partition coefficient (Wildman–Crippen LogP) is 5.06. The fraction of sp³-hybridized carbons (Fsp3) is 0.440. The number of nitrogens with one attached hydrogen (secondary N) is 3. The largest absolute Gasteiger partial charge is 0.352 e. The van der Waals surface area contributed by atoms with E-state index in [1.165, 1.54) is 0 Å². The first-order chi connectivity index (χ1) is 15.1. The maximum Gasteiger partial charge on any atom is 0.249 e. The molecule has 1 aliphatic heterocycles. The van der Waals surface area contributed by atoms with Gasteiger partial charge >= 0.3 is 0 Å². The number of hydrogen-bond acceptors (Lipinski definition) is 3. The van der Waals surface area contributed by atoms with Gasteiger partial charge in [-0.3, -0.25) is 14.9 Å². The summed E-state index contributed by atoms with van der Waals surface area (Å²) in [6.07, 6.45) is 2.93. The summed E-state index contributed by atoms with van der Waals surface area (Å²) in [5.74, 6) is -0.0341. The van der Waals surface area contributed by atoms with Crippen LogP contribution in [0.1, 0.15) is 51.2 Å². The molecule has 4 rings (SSSR count). The van der Waals surface area contributed by atoms with Gasteiger partial charge in [0.2, 0.25) is 11.8 Å². The molecule has 1 fully saturated rings. The fourth-order valence-electron chi connectivity index (χ4n) is 4.70. The van der Waals surface area contributed by atoms with Crippen LogP contribution in [0.3, 0.4) is 0 Å². The van der Waals surface area contributed by atoms with Crippen molar-refractivity contribution in [3.63, 3.8) is 0 Å². The minimum absolute atomic E-state index is 0.0746. The van der Waals surface area contributed by atoms with Crippen molar-refractivity contribution in [1.29, 1.82) is 0 Å². The molecular formula is C25H29Cl2N3O2. The van der Waals surface area contributed by atoms with Gasteiger partial charge in [-0.05, 0) is 61.9 Å². The van der Waals surface area contributed by atoms with Gasteiger partial charge in [-0.1, -0.05) is 55.2 Å². The van der Waals surface area contributed by atoms with Gasteiger partial charge in [0.05, 0.1) is 5.54 Å². The second kappa shape index (κ2) is 8.69. The molecule has 32 heavy (non-hydrogen) atoms. The van der Waals surface area contributed by atoms with Crippen molar-refractivity contribution in [2.75, 3.05) is 5.32 Å². The SMILES string of the molecule is CC(C)C[C@](C)(NC1(Cc2cccc(Cl)c2)C(=O)Nc2cc(Cl)ccc21)C(=O)NC1CC1. The van der Waals surface area contributed by atoms with E-state index < -0.39 is 11.1 Å². The molecule has 0 saturated heterocycles. The minimum Gasteiger partial charge on any atom is -0.352 e. The Labute approximate surface area is 199 Å². The average Bonchev–Trinajstić information content (AvgIpc) is 3.46. The number of amides is 2. The molecule has 3 N–H and O–H groups in total. The zero-order valence-corrected chi connectivity index (χ0v) is 20.1. The van der Waals surface area contributed by atoms with E-state index in [2.05, 4.69) is 29.8 Å². The third kappa shape index (κ3) is 4.66. The van der Waals surface area contributed by atoms with Crippen LogP contribution >= 0.6 is 23.2 Å². The van der Waals surface area contributed by atoms with Crippen LogP contribution in [0.25, 0.3) is 0 Å².